The number of hydrogen-bond acceptors (Lipinski definition) is 3. The SMILES string of the molecule is CC(C)C1CCCN1C(=O)c1cc(N)cc(N)c1. The Morgan fingerprint density at radius 2 is 1.89 bits per heavy atom. The minimum absolute atomic E-state index is 0.0465. The minimum atomic E-state index is 0.0465. The van der Waals surface area contributed by atoms with Gasteiger partial charge in [0.15, 0.2) is 0 Å². The van der Waals surface area contributed by atoms with Crippen LogP contribution in [-0.2, 0) is 0 Å². The molecular weight excluding hydrogens is 226 g/mol. The van der Waals surface area contributed by atoms with Crippen molar-refractivity contribution in [2.24, 2.45) is 5.92 Å². The average molecular weight is 247 g/mol. The zero-order valence-electron chi connectivity index (χ0n) is 11.0. The number of likely N-dealkylation sites (tertiary alicyclic amines) is 1. The monoisotopic (exact) mass is 247 g/mol. The lowest BCUT2D eigenvalue weighted by Gasteiger charge is -2.28. The molecule has 1 aliphatic heterocycles. The number of nitrogens with two attached hydrogens (primary N) is 2. The van der Waals surface area contributed by atoms with E-state index in [2.05, 4.69) is 13.8 Å². The Balaban J connectivity index is 2.25. The highest BCUT2D eigenvalue weighted by molar-refractivity contribution is 5.96. The summed E-state index contributed by atoms with van der Waals surface area (Å²) < 4.78 is 0. The van der Waals surface area contributed by atoms with Gasteiger partial charge in [-0.1, -0.05) is 13.8 Å². The summed E-state index contributed by atoms with van der Waals surface area (Å²) in [5.74, 6) is 0.528. The van der Waals surface area contributed by atoms with E-state index in [9.17, 15) is 4.79 Å². The second-order valence-corrected chi connectivity index (χ2v) is 5.34. The minimum Gasteiger partial charge on any atom is -0.399 e. The molecule has 4 N–H and O–H groups in total. The van der Waals surface area contributed by atoms with E-state index >= 15 is 0 Å². The second-order valence-electron chi connectivity index (χ2n) is 5.34. The number of hydrogen-bond donors (Lipinski definition) is 2. The van der Waals surface area contributed by atoms with Gasteiger partial charge in [-0.15, -0.1) is 0 Å². The molecule has 1 aromatic rings. The van der Waals surface area contributed by atoms with E-state index in [1.807, 2.05) is 4.90 Å². The van der Waals surface area contributed by atoms with Gasteiger partial charge in [0.25, 0.3) is 5.91 Å². The van der Waals surface area contributed by atoms with Crippen molar-refractivity contribution in [3.05, 3.63) is 23.8 Å². The molecule has 1 unspecified atom stereocenters. The maximum absolute atomic E-state index is 12.5. The fourth-order valence-corrected chi connectivity index (χ4v) is 2.70. The summed E-state index contributed by atoms with van der Waals surface area (Å²) in [7, 11) is 0. The van der Waals surface area contributed by atoms with Gasteiger partial charge in [0, 0.05) is 29.5 Å². The summed E-state index contributed by atoms with van der Waals surface area (Å²) in [4.78, 5) is 14.4. The molecule has 4 nitrogen and oxygen atoms in total. The predicted octanol–water partition coefficient (Wildman–Crippen LogP) is 2.11. The Hall–Kier alpha value is -1.71. The highest BCUT2D eigenvalue weighted by atomic mass is 16.2. The molecule has 0 spiro atoms. The number of amides is 1. The molecule has 1 atom stereocenters. The van der Waals surface area contributed by atoms with Crippen molar-refractivity contribution < 1.29 is 4.79 Å². The molecule has 0 bridgehead atoms. The van der Waals surface area contributed by atoms with Crippen molar-refractivity contribution in [3.63, 3.8) is 0 Å². The van der Waals surface area contributed by atoms with Crippen LogP contribution in [0.25, 0.3) is 0 Å². The summed E-state index contributed by atoms with van der Waals surface area (Å²) >= 11 is 0. The first kappa shape index (κ1) is 12.7. The molecule has 0 aromatic heterocycles. The molecular formula is C14H21N3O. The first-order valence-corrected chi connectivity index (χ1v) is 6.46. The van der Waals surface area contributed by atoms with Gasteiger partial charge in [-0.25, -0.2) is 0 Å². The number of nitrogen functional groups attached to an aromatic ring is 2. The molecule has 1 aromatic carbocycles. The van der Waals surface area contributed by atoms with Crippen molar-refractivity contribution >= 4 is 17.3 Å². The van der Waals surface area contributed by atoms with Crippen LogP contribution >= 0.6 is 0 Å². The standard InChI is InChI=1S/C14H21N3O/c1-9(2)13-4-3-5-17(13)14(18)10-6-11(15)8-12(16)7-10/h6-9,13H,3-5,15-16H2,1-2H3. The van der Waals surface area contributed by atoms with Gasteiger partial charge in [0.1, 0.15) is 0 Å². The molecule has 1 saturated heterocycles. The van der Waals surface area contributed by atoms with Gasteiger partial charge < -0.3 is 16.4 Å². The van der Waals surface area contributed by atoms with Crippen LogP contribution in [0.2, 0.25) is 0 Å². The topological polar surface area (TPSA) is 72.3 Å². The van der Waals surface area contributed by atoms with E-state index in [0.29, 0.717) is 28.9 Å². The molecule has 1 fully saturated rings. The Morgan fingerprint density at radius 1 is 1.28 bits per heavy atom. The van der Waals surface area contributed by atoms with Gasteiger partial charge >= 0.3 is 0 Å². The third-order valence-corrected chi connectivity index (χ3v) is 3.55. The predicted molar refractivity (Wildman–Crippen MR) is 74.2 cm³/mol. The summed E-state index contributed by atoms with van der Waals surface area (Å²) in [5, 5.41) is 0. The summed E-state index contributed by atoms with van der Waals surface area (Å²) in [5.41, 5.74) is 13.2. The van der Waals surface area contributed by atoms with E-state index in [0.717, 1.165) is 19.4 Å². The van der Waals surface area contributed by atoms with Crippen LogP contribution in [0.4, 0.5) is 11.4 Å². The highest BCUT2D eigenvalue weighted by Gasteiger charge is 2.31. The van der Waals surface area contributed by atoms with Crippen LogP contribution in [0.5, 0.6) is 0 Å². The number of anilines is 2. The molecule has 1 aliphatic rings. The summed E-state index contributed by atoms with van der Waals surface area (Å²) in [6, 6.07) is 5.41. The quantitative estimate of drug-likeness (QED) is 0.786. The maximum Gasteiger partial charge on any atom is 0.254 e. The zero-order chi connectivity index (χ0) is 13.3. The number of carbonyl (C=O) groups is 1. The van der Waals surface area contributed by atoms with Crippen molar-refractivity contribution in [3.8, 4) is 0 Å². The molecule has 1 heterocycles. The van der Waals surface area contributed by atoms with Gasteiger partial charge in [-0.3, -0.25) is 4.79 Å². The summed E-state index contributed by atoms with van der Waals surface area (Å²) in [6.45, 7) is 5.14. The van der Waals surface area contributed by atoms with Crippen LogP contribution in [0.1, 0.15) is 37.0 Å². The maximum atomic E-state index is 12.5. The van der Waals surface area contributed by atoms with E-state index in [1.54, 1.807) is 18.2 Å². The number of rotatable bonds is 2. The summed E-state index contributed by atoms with van der Waals surface area (Å²) in [6.07, 6.45) is 2.16. The van der Waals surface area contributed by atoms with E-state index < -0.39 is 0 Å². The number of benzene rings is 1. The Labute approximate surface area is 108 Å². The highest BCUT2D eigenvalue weighted by Crippen LogP contribution is 2.26. The lowest BCUT2D eigenvalue weighted by molar-refractivity contribution is 0.0701. The number of nitrogens with zero attached hydrogens (tertiary/aromatic N) is 1. The van der Waals surface area contributed by atoms with Gasteiger partial charge in [-0.05, 0) is 37.0 Å². The van der Waals surface area contributed by atoms with E-state index in [-0.39, 0.29) is 5.91 Å². The lowest BCUT2D eigenvalue weighted by atomic mass is 10.0. The van der Waals surface area contributed by atoms with E-state index in [4.69, 9.17) is 11.5 Å². The first-order chi connectivity index (χ1) is 8.49. The van der Waals surface area contributed by atoms with Crippen LogP contribution in [0.3, 0.4) is 0 Å². The van der Waals surface area contributed by atoms with Crippen molar-refractivity contribution in [1.82, 2.24) is 4.90 Å². The number of carbonyl (C=O) groups excluding carboxylic acids is 1. The molecule has 0 saturated carbocycles. The second kappa shape index (κ2) is 4.88. The Bertz CT molecular complexity index is 436. The molecule has 18 heavy (non-hydrogen) atoms. The van der Waals surface area contributed by atoms with Crippen LogP contribution in [-0.4, -0.2) is 23.4 Å². The molecule has 0 radical (unpaired) electrons. The first-order valence-electron chi connectivity index (χ1n) is 6.46. The van der Waals surface area contributed by atoms with Crippen molar-refractivity contribution in [1.29, 1.82) is 0 Å². The van der Waals surface area contributed by atoms with Crippen LogP contribution < -0.4 is 11.5 Å². The Kier molecular flexibility index (Phi) is 3.45. The normalized spacial score (nSPS) is 19.5. The van der Waals surface area contributed by atoms with Crippen molar-refractivity contribution in [2.75, 3.05) is 18.0 Å². The molecule has 1 amide bonds. The van der Waals surface area contributed by atoms with Crippen molar-refractivity contribution in [2.45, 2.75) is 32.7 Å². The molecule has 4 heteroatoms. The average Bonchev–Trinajstić information content (AvgIpc) is 2.75. The fourth-order valence-electron chi connectivity index (χ4n) is 2.70. The van der Waals surface area contributed by atoms with Crippen LogP contribution in [0.15, 0.2) is 18.2 Å². The molecule has 98 valence electrons. The largest absolute Gasteiger partial charge is 0.399 e. The van der Waals surface area contributed by atoms with Crippen LogP contribution in [0, 0.1) is 5.92 Å². The lowest BCUT2D eigenvalue weighted by Crippen LogP contribution is -2.38. The smallest absolute Gasteiger partial charge is 0.254 e. The van der Waals surface area contributed by atoms with Gasteiger partial charge in [0.05, 0.1) is 0 Å². The van der Waals surface area contributed by atoms with Gasteiger partial charge in [0.2, 0.25) is 0 Å². The van der Waals surface area contributed by atoms with Gasteiger partial charge in [-0.2, -0.15) is 0 Å². The Morgan fingerprint density at radius 3 is 2.44 bits per heavy atom. The third-order valence-electron chi connectivity index (χ3n) is 3.55. The fraction of sp³-hybridized carbons (Fsp3) is 0.500. The molecule has 0 aliphatic carbocycles. The zero-order valence-corrected chi connectivity index (χ0v) is 11.0. The molecule has 2 rings (SSSR count). The third kappa shape index (κ3) is 2.42. The van der Waals surface area contributed by atoms with E-state index in [1.165, 1.54) is 0 Å².